The zero-order chi connectivity index (χ0) is 41.7. The first-order valence-corrected chi connectivity index (χ1v) is 22.3. The Kier molecular flexibility index (Phi) is 10.6. The summed E-state index contributed by atoms with van der Waals surface area (Å²) in [6.45, 7) is 24.9. The molecule has 2 N–H and O–H groups in total. The molecule has 3 aromatic heterocycles. The van der Waals surface area contributed by atoms with E-state index in [9.17, 15) is 0 Å². The number of fused-ring (bicyclic) bond motifs is 8. The second-order valence-electron chi connectivity index (χ2n) is 16.0. The summed E-state index contributed by atoms with van der Waals surface area (Å²) in [4.78, 5) is 19.4. The van der Waals surface area contributed by atoms with E-state index in [2.05, 4.69) is 200 Å². The van der Waals surface area contributed by atoms with Crippen LogP contribution >= 0.6 is 0 Å². The molecule has 0 aliphatic carbocycles. The molecule has 9 heterocycles. The van der Waals surface area contributed by atoms with Crippen LogP contribution in [0.5, 0.6) is 0 Å². The molecule has 306 valence electrons. The third kappa shape index (κ3) is 6.33. The molecular formula is C48H62N12+8. The Bertz CT molecular complexity index is 2550. The van der Waals surface area contributed by atoms with Gasteiger partial charge in [0, 0.05) is 0 Å². The van der Waals surface area contributed by atoms with E-state index in [1.165, 1.54) is 5.56 Å². The number of H-pyrrole nitrogens is 2. The van der Waals surface area contributed by atoms with Crippen LogP contribution in [0.2, 0.25) is 0 Å². The molecule has 0 amide bonds. The van der Waals surface area contributed by atoms with Gasteiger partial charge < -0.3 is 9.97 Å². The van der Waals surface area contributed by atoms with E-state index in [-0.39, 0.29) is 24.7 Å². The Morgan fingerprint density at radius 3 is 0.817 bits per heavy atom. The van der Waals surface area contributed by atoms with Crippen LogP contribution in [0.4, 0.5) is 0 Å². The van der Waals surface area contributed by atoms with Crippen LogP contribution in [-0.2, 0) is 0 Å². The van der Waals surface area contributed by atoms with Crippen LogP contribution < -0.4 is 0 Å². The second-order valence-corrected chi connectivity index (χ2v) is 16.0. The van der Waals surface area contributed by atoms with Crippen LogP contribution in [0.1, 0.15) is 125 Å². The van der Waals surface area contributed by atoms with E-state index in [1.54, 1.807) is 0 Å². The minimum atomic E-state index is -0.0504. The van der Waals surface area contributed by atoms with Gasteiger partial charge in [-0.25, -0.2) is 9.97 Å². The summed E-state index contributed by atoms with van der Waals surface area (Å²) < 4.78 is 19.4. The number of aromatic amines is 2. The van der Waals surface area contributed by atoms with E-state index in [0.717, 1.165) is 114 Å². The van der Waals surface area contributed by atoms with Crippen LogP contribution in [0.15, 0.2) is 24.3 Å². The number of nitrogens with zero attached hydrogens (tertiary/aromatic N) is 10. The maximum absolute atomic E-state index is 5.67. The molecule has 6 aliphatic rings. The zero-order valence-electron chi connectivity index (χ0n) is 36.7. The topological polar surface area (TPSA) is 81.4 Å². The van der Waals surface area contributed by atoms with Gasteiger partial charge in [0.25, 0.3) is 0 Å². The lowest BCUT2D eigenvalue weighted by atomic mass is 10.1. The summed E-state index contributed by atoms with van der Waals surface area (Å²) in [5.74, 6) is 0. The first-order chi connectivity index (χ1) is 29.4. The number of aromatic nitrogens is 4. The summed E-state index contributed by atoms with van der Waals surface area (Å²) in [7, 11) is 0. The van der Waals surface area contributed by atoms with E-state index in [1.807, 2.05) is 0 Å². The molecule has 0 unspecified atom stereocenters. The molecule has 60 heavy (non-hydrogen) atoms. The van der Waals surface area contributed by atoms with E-state index in [4.69, 9.17) is 9.97 Å². The largest absolute Gasteiger partial charge is 0.374 e. The summed E-state index contributed by atoms with van der Waals surface area (Å²) in [6.07, 6.45) is 26.7. The second kappa shape index (κ2) is 16.2. The van der Waals surface area contributed by atoms with Gasteiger partial charge in [-0.1, -0.05) is 0 Å². The van der Waals surface area contributed by atoms with Gasteiger partial charge in [-0.2, -0.15) is 36.6 Å². The fraction of sp³-hybridized carbons (Fsp3) is 0.417. The lowest BCUT2D eigenvalue weighted by molar-refractivity contribution is -0.769. The van der Waals surface area contributed by atoms with Crippen LogP contribution in [-0.4, -0.2) is 159 Å². The van der Waals surface area contributed by atoms with Gasteiger partial charge in [0.1, 0.15) is 74.6 Å². The minimum Gasteiger partial charge on any atom is -0.354 e. The number of hydrogen-bond donors (Lipinski definition) is 2. The maximum Gasteiger partial charge on any atom is 0.374 e. The van der Waals surface area contributed by atoms with Crippen molar-refractivity contribution in [3.8, 4) is 0 Å². The quantitative estimate of drug-likeness (QED) is 0.163. The fourth-order valence-corrected chi connectivity index (χ4v) is 10.0. The number of hydrogen-bond acceptors (Lipinski definition) is 2. The molecule has 0 spiro atoms. The molecule has 3 aromatic rings. The molecule has 6 aliphatic heterocycles. The van der Waals surface area contributed by atoms with Crippen molar-refractivity contribution < 1.29 is 36.6 Å². The van der Waals surface area contributed by atoms with Crippen molar-refractivity contribution in [3.05, 3.63) is 69.3 Å². The Balaban J connectivity index is 1.47. The average Bonchev–Trinajstić information content (AvgIpc) is 4.13. The van der Waals surface area contributed by atoms with E-state index < -0.39 is 0 Å². The highest BCUT2D eigenvalue weighted by Gasteiger charge is 2.45. The van der Waals surface area contributed by atoms with Gasteiger partial charge in [0.15, 0.2) is 0 Å². The molecule has 12 heteroatoms. The van der Waals surface area contributed by atoms with Crippen molar-refractivity contribution in [3.63, 3.8) is 0 Å². The average molecular weight is 807 g/mol. The molecule has 0 fully saturated rings. The van der Waals surface area contributed by atoms with Crippen molar-refractivity contribution >= 4 is 96.1 Å². The molecule has 9 rings (SSSR count). The fourth-order valence-electron chi connectivity index (χ4n) is 10.0. The SMILES string of the molecule is CC[N+]1=CC=[N+](CC)C1c1c2nc(c(C3[N+](CC)=CC=[N+]3CC)c3ccc([nH]3)c(C3[N+](CC)=CC=[N+]3CC)c3ccc([nH]3)c(C3[N+](CC)=CC=[N+]3CC)c3nc1C=C3)C=C2. The molecule has 0 saturated carbocycles. The van der Waals surface area contributed by atoms with Gasteiger partial charge in [-0.3, -0.25) is 0 Å². The predicted molar refractivity (Wildman–Crippen MR) is 245 cm³/mol. The van der Waals surface area contributed by atoms with Gasteiger partial charge in [0.2, 0.25) is 49.7 Å². The third-order valence-corrected chi connectivity index (χ3v) is 13.2. The van der Waals surface area contributed by atoms with Crippen molar-refractivity contribution in [2.24, 2.45) is 0 Å². The lowest BCUT2D eigenvalue weighted by Crippen LogP contribution is -2.27. The zero-order valence-corrected chi connectivity index (χ0v) is 36.7. The lowest BCUT2D eigenvalue weighted by Gasteiger charge is -2.12. The summed E-state index contributed by atoms with van der Waals surface area (Å²) in [6, 6.07) is 9.14. The molecule has 8 bridgehead atoms. The number of rotatable bonds is 12. The van der Waals surface area contributed by atoms with Gasteiger partial charge in [-0.05, 0) is 104 Å². The Hall–Kier alpha value is -6.04. The third-order valence-electron chi connectivity index (χ3n) is 13.2. The van der Waals surface area contributed by atoms with E-state index >= 15 is 0 Å². The standard InChI is InChI=1S/C48H60N12/c1-9-53-25-26-54(10-2)45(53)41-33-17-19-35(49-33)42(46-55(11-3)27-28-56(46)12-4)37-21-23-39(51-37)44(48-59(15-7)31-32-60(48)16-8)40-24-22-38(52-40)43(36-20-18-34(41)50-36)47-57(13-5)29-30-58(47)14-6/h17-32,45-48H,9-16H2,1-8H3/q+6/p+2. The highest BCUT2D eigenvalue weighted by molar-refractivity contribution is 6.12. The molecule has 0 aromatic carbocycles. The van der Waals surface area contributed by atoms with Gasteiger partial charge in [-0.15, -0.1) is 0 Å². The smallest absolute Gasteiger partial charge is 0.354 e. The first-order valence-electron chi connectivity index (χ1n) is 22.3. The summed E-state index contributed by atoms with van der Waals surface area (Å²) in [5, 5.41) is 0. The Morgan fingerprint density at radius 2 is 0.550 bits per heavy atom. The monoisotopic (exact) mass is 807 g/mol. The molecule has 0 atom stereocenters. The highest BCUT2D eigenvalue weighted by atomic mass is 15.3. The van der Waals surface area contributed by atoms with Crippen molar-refractivity contribution in [2.75, 3.05) is 52.4 Å². The first kappa shape index (κ1) is 39.4. The maximum atomic E-state index is 5.67. The molecular weight excluding hydrogens is 745 g/mol. The van der Waals surface area contributed by atoms with Crippen LogP contribution in [0.3, 0.4) is 0 Å². The van der Waals surface area contributed by atoms with Crippen LogP contribution in [0, 0.1) is 0 Å². The normalized spacial score (nSPS) is 18.3. The van der Waals surface area contributed by atoms with Crippen LogP contribution in [0.25, 0.3) is 46.4 Å². The summed E-state index contributed by atoms with van der Waals surface area (Å²) >= 11 is 0. The van der Waals surface area contributed by atoms with Crippen molar-refractivity contribution in [1.29, 1.82) is 0 Å². The van der Waals surface area contributed by atoms with E-state index in [0.29, 0.717) is 0 Å². The van der Waals surface area contributed by atoms with Crippen molar-refractivity contribution in [1.82, 2.24) is 19.9 Å². The highest BCUT2D eigenvalue weighted by Crippen LogP contribution is 2.38. The van der Waals surface area contributed by atoms with Gasteiger partial charge >= 0.3 is 24.7 Å². The predicted octanol–water partition coefficient (Wildman–Crippen LogP) is 5.53. The van der Waals surface area contributed by atoms with Gasteiger partial charge in [0.05, 0.1) is 44.8 Å². The Morgan fingerprint density at radius 1 is 0.333 bits per heavy atom. The molecule has 12 nitrogen and oxygen atoms in total. The Labute approximate surface area is 353 Å². The molecule has 0 radical (unpaired) electrons. The minimum absolute atomic E-state index is 0.00357. The van der Waals surface area contributed by atoms with Crippen molar-refractivity contribution in [2.45, 2.75) is 80.1 Å². The number of nitrogens with one attached hydrogen (secondary N) is 2. The molecule has 0 saturated heterocycles. The summed E-state index contributed by atoms with van der Waals surface area (Å²) in [5.41, 5.74) is 12.8.